The smallest absolute Gasteiger partial charge is 0.417 e. The van der Waals surface area contributed by atoms with Gasteiger partial charge in [0.05, 0.1) is 5.56 Å². The Hall–Kier alpha value is -3.01. The maximum atomic E-state index is 13.8. The number of pyridine rings is 2. The Morgan fingerprint density at radius 2 is 1.93 bits per heavy atom. The zero-order valence-electron chi connectivity index (χ0n) is 14.5. The van der Waals surface area contributed by atoms with Gasteiger partial charge in [-0.25, -0.2) is 9.97 Å². The lowest BCUT2D eigenvalue weighted by Crippen LogP contribution is -2.17. The van der Waals surface area contributed by atoms with Crippen LogP contribution in [-0.4, -0.2) is 37.8 Å². The van der Waals surface area contributed by atoms with Crippen molar-refractivity contribution in [2.24, 2.45) is 0 Å². The molecule has 0 spiro atoms. The Morgan fingerprint density at radius 1 is 1.11 bits per heavy atom. The number of ether oxygens (including phenoxy) is 1. The fraction of sp³-hybridized carbons (Fsp3) is 0.333. The second-order valence-corrected chi connectivity index (χ2v) is 6.65. The van der Waals surface area contributed by atoms with Crippen LogP contribution >= 0.6 is 0 Å². The lowest BCUT2D eigenvalue weighted by Gasteiger charge is -2.23. The summed E-state index contributed by atoms with van der Waals surface area (Å²) in [5.74, 6) is 0.113. The number of rotatable bonds is 2. The summed E-state index contributed by atoms with van der Waals surface area (Å²) < 4.78 is 53.4. The molecule has 1 fully saturated rings. The van der Waals surface area contributed by atoms with E-state index in [1.165, 1.54) is 29.0 Å². The Balaban J connectivity index is 1.77. The summed E-state index contributed by atoms with van der Waals surface area (Å²) in [4.78, 5) is 8.96. The monoisotopic (exact) mass is 389 g/mol. The van der Waals surface area contributed by atoms with Crippen molar-refractivity contribution >= 4 is 16.7 Å². The molecule has 0 aromatic carbocycles. The van der Waals surface area contributed by atoms with E-state index in [-0.39, 0.29) is 22.8 Å². The van der Waals surface area contributed by atoms with E-state index in [1.807, 2.05) is 0 Å². The molecule has 5 heterocycles. The highest BCUT2D eigenvalue weighted by molar-refractivity contribution is 5.83. The van der Waals surface area contributed by atoms with Crippen LogP contribution < -0.4 is 0 Å². The lowest BCUT2D eigenvalue weighted by molar-refractivity contribution is -0.136. The zero-order chi connectivity index (χ0) is 19.3. The first-order valence-electron chi connectivity index (χ1n) is 8.75. The van der Waals surface area contributed by atoms with E-state index in [2.05, 4.69) is 20.2 Å². The first kappa shape index (κ1) is 17.1. The molecule has 0 unspecified atom stereocenters. The largest absolute Gasteiger partial charge is 0.422 e. The van der Waals surface area contributed by atoms with Gasteiger partial charge in [-0.3, -0.25) is 4.40 Å². The molecule has 144 valence electrons. The predicted octanol–water partition coefficient (Wildman–Crippen LogP) is 3.85. The molecule has 1 saturated heterocycles. The van der Waals surface area contributed by atoms with Crippen LogP contribution in [0.25, 0.3) is 28.3 Å². The van der Waals surface area contributed by atoms with E-state index in [1.54, 1.807) is 6.20 Å². The average molecular weight is 389 g/mol. The van der Waals surface area contributed by atoms with Crippen LogP contribution in [0.15, 0.2) is 35.2 Å². The third-order valence-corrected chi connectivity index (χ3v) is 4.94. The predicted molar refractivity (Wildman–Crippen MR) is 91.6 cm³/mol. The minimum Gasteiger partial charge on any atom is -0.422 e. The summed E-state index contributed by atoms with van der Waals surface area (Å²) in [6.45, 7) is 1.03. The minimum absolute atomic E-state index is 0.0188. The van der Waals surface area contributed by atoms with Crippen molar-refractivity contribution in [3.63, 3.8) is 0 Å². The highest BCUT2D eigenvalue weighted by atomic mass is 19.4. The van der Waals surface area contributed by atoms with Gasteiger partial charge in [-0.2, -0.15) is 13.2 Å². The second-order valence-electron chi connectivity index (χ2n) is 6.65. The minimum atomic E-state index is -4.50. The molecule has 0 radical (unpaired) electrons. The van der Waals surface area contributed by atoms with Gasteiger partial charge in [0.25, 0.3) is 5.89 Å². The summed E-state index contributed by atoms with van der Waals surface area (Å²) in [5, 5.41) is 7.43. The molecule has 4 aromatic heterocycles. The van der Waals surface area contributed by atoms with Crippen molar-refractivity contribution in [3.05, 3.63) is 42.0 Å². The van der Waals surface area contributed by atoms with Gasteiger partial charge < -0.3 is 9.15 Å². The van der Waals surface area contributed by atoms with E-state index in [4.69, 9.17) is 9.15 Å². The fourth-order valence-electron chi connectivity index (χ4n) is 3.57. The highest BCUT2D eigenvalue weighted by Crippen LogP contribution is 2.38. The van der Waals surface area contributed by atoms with Crippen LogP contribution in [0.5, 0.6) is 0 Å². The van der Waals surface area contributed by atoms with Crippen LogP contribution in [0.1, 0.15) is 30.0 Å². The summed E-state index contributed by atoms with van der Waals surface area (Å²) in [6, 6.07) is 4.09. The van der Waals surface area contributed by atoms with Gasteiger partial charge in [0.15, 0.2) is 0 Å². The number of imidazole rings is 1. The molecule has 7 nitrogen and oxygen atoms in total. The van der Waals surface area contributed by atoms with Crippen molar-refractivity contribution in [1.82, 2.24) is 24.6 Å². The molecule has 5 rings (SSSR count). The molecule has 4 aromatic rings. The van der Waals surface area contributed by atoms with Crippen molar-refractivity contribution in [2.45, 2.75) is 24.9 Å². The van der Waals surface area contributed by atoms with Crippen LogP contribution in [-0.2, 0) is 10.9 Å². The quantitative estimate of drug-likeness (QED) is 0.518. The highest BCUT2D eigenvalue weighted by Gasteiger charge is 2.35. The maximum absolute atomic E-state index is 13.8. The standard InChI is InChI=1S/C18H14F3N5O2/c19-18(20,21)12-7-13(10-3-5-27-6-4-10)24-16-11(12)1-2-15-23-14(8-26(15)16)17-25-22-9-28-17/h1-2,7-10H,3-6H2. The first-order valence-corrected chi connectivity index (χ1v) is 8.75. The third kappa shape index (κ3) is 2.80. The molecule has 0 atom stereocenters. The summed E-state index contributed by atoms with van der Waals surface area (Å²) >= 11 is 0. The van der Waals surface area contributed by atoms with Gasteiger partial charge in [-0.15, -0.1) is 10.2 Å². The molecule has 0 bridgehead atoms. The summed E-state index contributed by atoms with van der Waals surface area (Å²) in [6.07, 6.45) is -0.483. The van der Waals surface area contributed by atoms with Gasteiger partial charge in [0, 0.05) is 36.4 Å². The Labute approximate surface area is 156 Å². The number of hydrogen-bond donors (Lipinski definition) is 0. The Bertz CT molecular complexity index is 1150. The Morgan fingerprint density at radius 3 is 2.64 bits per heavy atom. The molecular weight excluding hydrogens is 375 g/mol. The van der Waals surface area contributed by atoms with Gasteiger partial charge >= 0.3 is 6.18 Å². The fourth-order valence-corrected chi connectivity index (χ4v) is 3.57. The van der Waals surface area contributed by atoms with Crippen LogP contribution in [0.3, 0.4) is 0 Å². The summed E-state index contributed by atoms with van der Waals surface area (Å²) in [7, 11) is 0. The molecule has 28 heavy (non-hydrogen) atoms. The number of alkyl halides is 3. The molecule has 1 aliphatic heterocycles. The van der Waals surface area contributed by atoms with Gasteiger partial charge in [0.2, 0.25) is 6.39 Å². The molecular formula is C18H14F3N5O2. The normalized spacial score (nSPS) is 16.2. The van der Waals surface area contributed by atoms with Crippen LogP contribution in [0.2, 0.25) is 0 Å². The van der Waals surface area contributed by atoms with Crippen molar-refractivity contribution < 1.29 is 22.3 Å². The van der Waals surface area contributed by atoms with E-state index < -0.39 is 11.7 Å². The van der Waals surface area contributed by atoms with Gasteiger partial charge in [0.1, 0.15) is 17.0 Å². The number of nitrogens with zero attached hydrogens (tertiary/aromatic N) is 5. The van der Waals surface area contributed by atoms with Crippen LogP contribution in [0, 0.1) is 0 Å². The van der Waals surface area contributed by atoms with Gasteiger partial charge in [-0.1, -0.05) is 0 Å². The third-order valence-electron chi connectivity index (χ3n) is 4.94. The topological polar surface area (TPSA) is 78.3 Å². The molecule has 0 amide bonds. The van der Waals surface area contributed by atoms with Gasteiger partial charge in [-0.05, 0) is 31.0 Å². The molecule has 0 N–H and O–H groups in total. The molecule has 0 aliphatic carbocycles. The number of hydrogen-bond acceptors (Lipinski definition) is 6. The van der Waals surface area contributed by atoms with Crippen LogP contribution in [0.4, 0.5) is 13.2 Å². The maximum Gasteiger partial charge on any atom is 0.417 e. The molecule has 10 heteroatoms. The van der Waals surface area contributed by atoms with Crippen molar-refractivity contribution in [1.29, 1.82) is 0 Å². The van der Waals surface area contributed by atoms with E-state index >= 15 is 0 Å². The molecule has 1 aliphatic rings. The first-order chi connectivity index (χ1) is 13.5. The zero-order valence-corrected chi connectivity index (χ0v) is 14.5. The average Bonchev–Trinajstić information content (AvgIpc) is 3.36. The number of aromatic nitrogens is 5. The van der Waals surface area contributed by atoms with E-state index in [0.717, 1.165) is 0 Å². The second kappa shape index (κ2) is 6.26. The number of fused-ring (bicyclic) bond motifs is 3. The Kier molecular flexibility index (Phi) is 3.83. The summed E-state index contributed by atoms with van der Waals surface area (Å²) in [5.41, 5.74) is 0.743. The molecule has 0 saturated carbocycles. The lowest BCUT2D eigenvalue weighted by atomic mass is 9.94. The van der Waals surface area contributed by atoms with E-state index in [0.29, 0.717) is 43.1 Å². The number of halogens is 3. The van der Waals surface area contributed by atoms with Crippen molar-refractivity contribution in [2.75, 3.05) is 13.2 Å². The SMILES string of the molecule is FC(F)(F)c1cc(C2CCOCC2)nc2c1ccc1nc(-c3nnco3)cn12. The van der Waals surface area contributed by atoms with Crippen molar-refractivity contribution in [3.8, 4) is 11.6 Å². The van der Waals surface area contributed by atoms with E-state index in [9.17, 15) is 13.2 Å².